The summed E-state index contributed by atoms with van der Waals surface area (Å²) in [5.74, 6) is 1.43. The van der Waals surface area contributed by atoms with Gasteiger partial charge in [0.1, 0.15) is 12.4 Å². The Morgan fingerprint density at radius 2 is 1.87 bits per heavy atom. The molecule has 0 spiro atoms. The molecular formula is C21H25ClFN5O2. The predicted octanol–water partition coefficient (Wildman–Crippen LogP) is 4.86. The van der Waals surface area contributed by atoms with Crippen molar-refractivity contribution in [1.82, 2.24) is 20.2 Å². The van der Waals surface area contributed by atoms with Crippen LogP contribution in [0, 0.1) is 5.82 Å². The number of aryl methyl sites for hydroxylation is 1. The highest BCUT2D eigenvalue weighted by Gasteiger charge is 2.13. The SMILES string of the molecule is CCCCn1nnnc1NCc1cc(OCC)c(OCc2ccc(F)cc2)cc1Cl. The number of nitrogens with zero attached hydrogens (tertiary/aromatic N) is 4. The maximum atomic E-state index is 13.1. The first kappa shape index (κ1) is 21.8. The number of ether oxygens (including phenoxy) is 2. The van der Waals surface area contributed by atoms with Gasteiger partial charge in [0.05, 0.1) is 6.61 Å². The highest BCUT2D eigenvalue weighted by atomic mass is 35.5. The first-order valence-electron chi connectivity index (χ1n) is 9.93. The van der Waals surface area contributed by atoms with Crippen LogP contribution in [0.15, 0.2) is 36.4 Å². The number of hydrogen-bond donors (Lipinski definition) is 1. The number of anilines is 1. The van der Waals surface area contributed by atoms with E-state index in [0.717, 1.165) is 30.5 Å². The number of rotatable bonds is 11. The standard InChI is InChI=1S/C21H25ClFN5O2/c1-3-5-10-28-21(25-26-27-28)24-13-16-11-19(29-4-2)20(12-18(16)22)30-14-15-6-8-17(23)9-7-15/h6-9,11-12H,3-5,10,13-14H2,1-2H3,(H,24,25,27). The van der Waals surface area contributed by atoms with Crippen molar-refractivity contribution in [3.05, 3.63) is 58.4 Å². The quantitative estimate of drug-likeness (QED) is 0.465. The van der Waals surface area contributed by atoms with Crippen LogP contribution in [0.5, 0.6) is 11.5 Å². The minimum absolute atomic E-state index is 0.278. The second-order valence-corrected chi connectivity index (χ2v) is 7.08. The molecule has 0 amide bonds. The molecular weight excluding hydrogens is 409 g/mol. The Morgan fingerprint density at radius 3 is 2.60 bits per heavy atom. The highest BCUT2D eigenvalue weighted by Crippen LogP contribution is 2.34. The third-order valence-corrected chi connectivity index (χ3v) is 4.76. The van der Waals surface area contributed by atoms with E-state index in [0.29, 0.717) is 35.6 Å². The van der Waals surface area contributed by atoms with Gasteiger partial charge < -0.3 is 14.8 Å². The lowest BCUT2D eigenvalue weighted by Gasteiger charge is -2.15. The molecule has 0 radical (unpaired) electrons. The van der Waals surface area contributed by atoms with Crippen LogP contribution in [0.4, 0.5) is 10.3 Å². The van der Waals surface area contributed by atoms with Crippen LogP contribution in [0.3, 0.4) is 0 Å². The fourth-order valence-electron chi connectivity index (χ4n) is 2.80. The van der Waals surface area contributed by atoms with Gasteiger partial charge in [-0.2, -0.15) is 0 Å². The molecule has 0 aliphatic rings. The summed E-state index contributed by atoms with van der Waals surface area (Å²) in [6, 6.07) is 9.73. The lowest BCUT2D eigenvalue weighted by Crippen LogP contribution is -2.10. The predicted molar refractivity (Wildman–Crippen MR) is 113 cm³/mol. The van der Waals surface area contributed by atoms with Gasteiger partial charge in [-0.25, -0.2) is 9.07 Å². The van der Waals surface area contributed by atoms with Crippen molar-refractivity contribution in [3.8, 4) is 11.5 Å². The summed E-state index contributed by atoms with van der Waals surface area (Å²) in [6.07, 6.45) is 2.05. The van der Waals surface area contributed by atoms with Gasteiger partial charge in [0.25, 0.3) is 0 Å². The minimum atomic E-state index is -0.283. The van der Waals surface area contributed by atoms with E-state index in [-0.39, 0.29) is 12.4 Å². The first-order chi connectivity index (χ1) is 14.6. The maximum absolute atomic E-state index is 13.1. The monoisotopic (exact) mass is 433 g/mol. The smallest absolute Gasteiger partial charge is 0.243 e. The van der Waals surface area contributed by atoms with E-state index in [4.69, 9.17) is 21.1 Å². The molecule has 30 heavy (non-hydrogen) atoms. The molecule has 1 heterocycles. The number of nitrogens with one attached hydrogen (secondary N) is 1. The number of unbranched alkanes of at least 4 members (excludes halogenated alkanes) is 1. The molecule has 0 atom stereocenters. The second-order valence-electron chi connectivity index (χ2n) is 6.67. The van der Waals surface area contributed by atoms with Crippen molar-refractivity contribution < 1.29 is 13.9 Å². The lowest BCUT2D eigenvalue weighted by molar-refractivity contribution is 0.269. The topological polar surface area (TPSA) is 74.1 Å². The Morgan fingerprint density at radius 1 is 1.10 bits per heavy atom. The van der Waals surface area contributed by atoms with Gasteiger partial charge in [0, 0.05) is 24.2 Å². The normalized spacial score (nSPS) is 10.8. The van der Waals surface area contributed by atoms with Crippen LogP contribution < -0.4 is 14.8 Å². The Hall–Kier alpha value is -2.87. The molecule has 9 heteroatoms. The molecule has 3 rings (SSSR count). The third-order valence-electron chi connectivity index (χ3n) is 4.41. The zero-order valence-corrected chi connectivity index (χ0v) is 17.8. The van der Waals surface area contributed by atoms with E-state index in [1.165, 1.54) is 12.1 Å². The van der Waals surface area contributed by atoms with Crippen LogP contribution in [0.1, 0.15) is 37.8 Å². The number of tetrazole rings is 1. The van der Waals surface area contributed by atoms with E-state index >= 15 is 0 Å². The van der Waals surface area contributed by atoms with E-state index < -0.39 is 0 Å². The summed E-state index contributed by atoms with van der Waals surface area (Å²) in [5, 5.41) is 15.5. The van der Waals surface area contributed by atoms with Gasteiger partial charge in [-0.15, -0.1) is 0 Å². The maximum Gasteiger partial charge on any atom is 0.243 e. The van der Waals surface area contributed by atoms with Crippen LogP contribution in [-0.4, -0.2) is 26.8 Å². The summed E-state index contributed by atoms with van der Waals surface area (Å²) in [4.78, 5) is 0. The van der Waals surface area contributed by atoms with Gasteiger partial charge in [0.2, 0.25) is 5.95 Å². The van der Waals surface area contributed by atoms with Crippen LogP contribution in [0.25, 0.3) is 0 Å². The Balaban J connectivity index is 1.70. The zero-order valence-electron chi connectivity index (χ0n) is 17.1. The molecule has 1 N–H and O–H groups in total. The molecule has 0 saturated carbocycles. The average Bonchev–Trinajstić information content (AvgIpc) is 3.19. The van der Waals surface area contributed by atoms with E-state index in [1.54, 1.807) is 22.9 Å². The van der Waals surface area contributed by atoms with E-state index in [1.807, 2.05) is 13.0 Å². The van der Waals surface area contributed by atoms with Crippen molar-refractivity contribution in [2.75, 3.05) is 11.9 Å². The number of hydrogen-bond acceptors (Lipinski definition) is 6. The molecule has 2 aromatic carbocycles. The fourth-order valence-corrected chi connectivity index (χ4v) is 3.02. The van der Waals surface area contributed by atoms with Crippen molar-refractivity contribution >= 4 is 17.5 Å². The highest BCUT2D eigenvalue weighted by molar-refractivity contribution is 6.31. The minimum Gasteiger partial charge on any atom is -0.490 e. The molecule has 0 fully saturated rings. The molecule has 7 nitrogen and oxygen atoms in total. The summed E-state index contributed by atoms with van der Waals surface area (Å²) in [5.41, 5.74) is 1.68. The molecule has 0 bridgehead atoms. The molecule has 0 aliphatic heterocycles. The largest absolute Gasteiger partial charge is 0.490 e. The van der Waals surface area contributed by atoms with Crippen molar-refractivity contribution in [3.63, 3.8) is 0 Å². The van der Waals surface area contributed by atoms with Gasteiger partial charge >= 0.3 is 0 Å². The van der Waals surface area contributed by atoms with Crippen LogP contribution in [0.2, 0.25) is 5.02 Å². The van der Waals surface area contributed by atoms with Crippen LogP contribution in [-0.2, 0) is 19.7 Å². The summed E-state index contributed by atoms with van der Waals surface area (Å²) < 4.78 is 26.4. The molecule has 0 saturated heterocycles. The Kier molecular flexibility index (Phi) is 7.84. The van der Waals surface area contributed by atoms with E-state index in [9.17, 15) is 4.39 Å². The molecule has 3 aromatic rings. The van der Waals surface area contributed by atoms with Crippen molar-refractivity contribution in [2.24, 2.45) is 0 Å². The zero-order chi connectivity index (χ0) is 21.3. The van der Waals surface area contributed by atoms with Gasteiger partial charge in [0.15, 0.2) is 11.5 Å². The molecule has 0 unspecified atom stereocenters. The summed E-state index contributed by atoms with van der Waals surface area (Å²) in [7, 11) is 0. The fraction of sp³-hybridized carbons (Fsp3) is 0.381. The van der Waals surface area contributed by atoms with Gasteiger partial charge in [-0.3, -0.25) is 0 Å². The third kappa shape index (κ3) is 5.82. The number of aromatic nitrogens is 4. The Labute approximate surface area is 180 Å². The first-order valence-corrected chi connectivity index (χ1v) is 10.3. The molecule has 0 aliphatic carbocycles. The van der Waals surface area contributed by atoms with Crippen molar-refractivity contribution in [2.45, 2.75) is 46.4 Å². The molecule has 1 aromatic heterocycles. The van der Waals surface area contributed by atoms with Gasteiger partial charge in [-0.05, 0) is 53.1 Å². The Bertz CT molecular complexity index is 949. The number of halogens is 2. The number of benzene rings is 2. The van der Waals surface area contributed by atoms with Gasteiger partial charge in [-0.1, -0.05) is 42.2 Å². The van der Waals surface area contributed by atoms with E-state index in [2.05, 4.69) is 27.8 Å². The average molecular weight is 434 g/mol. The molecule has 160 valence electrons. The van der Waals surface area contributed by atoms with Crippen LogP contribution >= 0.6 is 11.6 Å². The van der Waals surface area contributed by atoms with Crippen molar-refractivity contribution in [1.29, 1.82) is 0 Å². The summed E-state index contributed by atoms with van der Waals surface area (Å²) in [6.45, 7) is 5.96. The second kappa shape index (κ2) is 10.8. The lowest BCUT2D eigenvalue weighted by atomic mass is 10.2. The summed E-state index contributed by atoms with van der Waals surface area (Å²) >= 11 is 6.48.